The molecule has 2 aromatic rings. The van der Waals surface area contributed by atoms with Gasteiger partial charge in [-0.2, -0.15) is 0 Å². The number of hydrogen-bond acceptors (Lipinski definition) is 4. The summed E-state index contributed by atoms with van der Waals surface area (Å²) in [7, 11) is 0. The third-order valence-electron chi connectivity index (χ3n) is 2.35. The first-order valence-electron chi connectivity index (χ1n) is 5.05. The van der Waals surface area contributed by atoms with Crippen molar-refractivity contribution in [3.05, 3.63) is 47.9 Å². The van der Waals surface area contributed by atoms with Crippen LogP contribution in [-0.4, -0.2) is 11.0 Å². The average molecular weight is 232 g/mol. The molecule has 5 heteroatoms. The number of nitrogens with one attached hydrogen (secondary N) is 1. The van der Waals surface area contributed by atoms with Crippen molar-refractivity contribution in [3.63, 3.8) is 0 Å². The van der Waals surface area contributed by atoms with Crippen LogP contribution in [0.2, 0.25) is 0 Å². The van der Waals surface area contributed by atoms with Crippen molar-refractivity contribution in [1.82, 2.24) is 5.32 Å². The van der Waals surface area contributed by atoms with E-state index in [1.54, 1.807) is 18.4 Å². The number of rotatable bonds is 3. The second-order valence-corrected chi connectivity index (χ2v) is 3.56. The largest absolute Gasteiger partial charge is 0.505 e. The van der Waals surface area contributed by atoms with Crippen LogP contribution in [0.1, 0.15) is 15.9 Å². The molecule has 0 aliphatic carbocycles. The summed E-state index contributed by atoms with van der Waals surface area (Å²) in [6, 6.07) is 6.40. The van der Waals surface area contributed by atoms with Gasteiger partial charge in [-0.15, -0.1) is 0 Å². The molecule has 1 amide bonds. The number of benzene rings is 1. The lowest BCUT2D eigenvalue weighted by atomic mass is 10.1. The highest BCUT2D eigenvalue weighted by Crippen LogP contribution is 2.24. The van der Waals surface area contributed by atoms with Crippen molar-refractivity contribution in [2.24, 2.45) is 0 Å². The van der Waals surface area contributed by atoms with E-state index < -0.39 is 0 Å². The summed E-state index contributed by atoms with van der Waals surface area (Å²) in [5.74, 6) is -0.576. The van der Waals surface area contributed by atoms with Gasteiger partial charge in [-0.25, -0.2) is 0 Å². The first kappa shape index (κ1) is 11.1. The molecule has 0 unspecified atom stereocenters. The molecule has 1 heterocycles. The quantitative estimate of drug-likeness (QED) is 0.552. The van der Waals surface area contributed by atoms with Gasteiger partial charge < -0.3 is 20.6 Å². The molecule has 0 fully saturated rings. The van der Waals surface area contributed by atoms with Crippen LogP contribution in [-0.2, 0) is 6.54 Å². The smallest absolute Gasteiger partial charge is 0.255 e. The van der Waals surface area contributed by atoms with Crippen LogP contribution < -0.4 is 11.1 Å². The molecule has 0 bridgehead atoms. The maximum Gasteiger partial charge on any atom is 0.255 e. The standard InChI is InChI=1S/C12H12N2O3/c13-10-3-1-2-9(11(10)15)12(16)14-6-8-4-5-17-7-8/h1-5,7,15H,6,13H2,(H,14,16). The molecule has 0 saturated heterocycles. The fraction of sp³-hybridized carbons (Fsp3) is 0.0833. The number of amides is 1. The molecule has 0 saturated carbocycles. The van der Waals surface area contributed by atoms with Gasteiger partial charge in [0.2, 0.25) is 0 Å². The molecule has 88 valence electrons. The normalized spacial score (nSPS) is 10.1. The van der Waals surface area contributed by atoms with Crippen LogP contribution in [0, 0.1) is 0 Å². The minimum absolute atomic E-state index is 0.161. The number of para-hydroxylation sites is 1. The zero-order valence-corrected chi connectivity index (χ0v) is 9.01. The number of phenols is 1. The number of carbonyl (C=O) groups is 1. The van der Waals surface area contributed by atoms with Crippen molar-refractivity contribution in [2.75, 3.05) is 5.73 Å². The molecule has 0 spiro atoms. The number of phenolic OH excluding ortho intramolecular Hbond substituents is 1. The number of nitrogen functional groups attached to an aromatic ring is 1. The predicted octanol–water partition coefficient (Wildman–Crippen LogP) is 1.50. The molecule has 2 rings (SSSR count). The van der Waals surface area contributed by atoms with Gasteiger partial charge in [0.15, 0.2) is 5.75 Å². The highest BCUT2D eigenvalue weighted by molar-refractivity contribution is 5.98. The van der Waals surface area contributed by atoms with Gasteiger partial charge >= 0.3 is 0 Å². The number of anilines is 1. The Hall–Kier alpha value is -2.43. The molecule has 1 aromatic carbocycles. The number of nitrogens with two attached hydrogens (primary N) is 1. The van der Waals surface area contributed by atoms with Crippen LogP contribution in [0.3, 0.4) is 0 Å². The highest BCUT2D eigenvalue weighted by Gasteiger charge is 2.12. The Balaban J connectivity index is 2.07. The molecule has 0 aliphatic heterocycles. The molecule has 17 heavy (non-hydrogen) atoms. The Bertz CT molecular complexity index is 521. The van der Waals surface area contributed by atoms with E-state index in [0.717, 1.165) is 5.56 Å². The summed E-state index contributed by atoms with van der Waals surface area (Å²) in [5.41, 5.74) is 6.70. The summed E-state index contributed by atoms with van der Waals surface area (Å²) >= 11 is 0. The summed E-state index contributed by atoms with van der Waals surface area (Å²) < 4.78 is 4.87. The maximum atomic E-state index is 11.8. The van der Waals surface area contributed by atoms with Gasteiger partial charge in [0, 0.05) is 12.1 Å². The van der Waals surface area contributed by atoms with E-state index >= 15 is 0 Å². The zero-order valence-electron chi connectivity index (χ0n) is 9.01. The molecule has 0 atom stereocenters. The highest BCUT2D eigenvalue weighted by atomic mass is 16.3. The first-order chi connectivity index (χ1) is 8.18. The lowest BCUT2D eigenvalue weighted by Crippen LogP contribution is -2.22. The van der Waals surface area contributed by atoms with E-state index in [2.05, 4.69) is 5.32 Å². The van der Waals surface area contributed by atoms with Gasteiger partial charge in [0.25, 0.3) is 5.91 Å². The first-order valence-corrected chi connectivity index (χ1v) is 5.05. The summed E-state index contributed by atoms with van der Waals surface area (Å²) in [6.07, 6.45) is 3.07. The Morgan fingerprint density at radius 3 is 2.94 bits per heavy atom. The van der Waals surface area contributed by atoms with Gasteiger partial charge in [-0.3, -0.25) is 4.79 Å². The summed E-state index contributed by atoms with van der Waals surface area (Å²) in [4.78, 5) is 11.8. The molecule has 0 radical (unpaired) electrons. The average Bonchev–Trinajstić information content (AvgIpc) is 2.82. The van der Waals surface area contributed by atoms with Gasteiger partial charge in [-0.1, -0.05) is 6.07 Å². The molecular formula is C12H12N2O3. The maximum absolute atomic E-state index is 11.8. The van der Waals surface area contributed by atoms with Gasteiger partial charge in [-0.05, 0) is 18.2 Å². The van der Waals surface area contributed by atoms with Crippen molar-refractivity contribution in [2.45, 2.75) is 6.54 Å². The van der Waals surface area contributed by atoms with Crippen LogP contribution >= 0.6 is 0 Å². The van der Waals surface area contributed by atoms with Crippen molar-refractivity contribution >= 4 is 11.6 Å². The molecule has 1 aromatic heterocycles. The minimum Gasteiger partial charge on any atom is -0.505 e. The third kappa shape index (κ3) is 2.39. The SMILES string of the molecule is Nc1cccc(C(=O)NCc2ccoc2)c1O. The van der Waals surface area contributed by atoms with Crippen molar-refractivity contribution in [3.8, 4) is 5.75 Å². The number of hydrogen-bond donors (Lipinski definition) is 3. The lowest BCUT2D eigenvalue weighted by molar-refractivity contribution is 0.0948. The topological polar surface area (TPSA) is 88.5 Å². The van der Waals surface area contributed by atoms with Crippen LogP contribution in [0.5, 0.6) is 5.75 Å². The molecule has 4 N–H and O–H groups in total. The second-order valence-electron chi connectivity index (χ2n) is 3.56. The van der Waals surface area contributed by atoms with E-state index in [-0.39, 0.29) is 22.9 Å². The van der Waals surface area contributed by atoms with Crippen molar-refractivity contribution < 1.29 is 14.3 Å². The molecular weight excluding hydrogens is 220 g/mol. The minimum atomic E-state index is -0.379. The molecule has 0 aliphatic rings. The number of carbonyl (C=O) groups excluding carboxylic acids is 1. The van der Waals surface area contributed by atoms with E-state index in [1.165, 1.54) is 18.4 Å². The predicted molar refractivity (Wildman–Crippen MR) is 62.4 cm³/mol. The number of aromatic hydroxyl groups is 1. The Morgan fingerprint density at radius 2 is 2.24 bits per heavy atom. The molecule has 5 nitrogen and oxygen atoms in total. The van der Waals surface area contributed by atoms with Crippen LogP contribution in [0.15, 0.2) is 41.2 Å². The zero-order chi connectivity index (χ0) is 12.3. The summed E-state index contributed by atoms with van der Waals surface area (Å²) in [5, 5.41) is 12.3. The number of furan rings is 1. The Kier molecular flexibility index (Phi) is 3.00. The van der Waals surface area contributed by atoms with E-state index in [9.17, 15) is 9.90 Å². The van der Waals surface area contributed by atoms with Crippen molar-refractivity contribution in [1.29, 1.82) is 0 Å². The fourth-order valence-electron chi connectivity index (χ4n) is 1.42. The lowest BCUT2D eigenvalue weighted by Gasteiger charge is -2.07. The van der Waals surface area contributed by atoms with Crippen LogP contribution in [0.25, 0.3) is 0 Å². The third-order valence-corrected chi connectivity index (χ3v) is 2.35. The fourth-order valence-corrected chi connectivity index (χ4v) is 1.42. The van der Waals surface area contributed by atoms with Gasteiger partial charge in [0.05, 0.1) is 23.8 Å². The monoisotopic (exact) mass is 232 g/mol. The van der Waals surface area contributed by atoms with E-state index in [1.807, 2.05) is 0 Å². The van der Waals surface area contributed by atoms with E-state index in [0.29, 0.717) is 6.54 Å². The van der Waals surface area contributed by atoms with Gasteiger partial charge in [0.1, 0.15) is 0 Å². The van der Waals surface area contributed by atoms with E-state index in [4.69, 9.17) is 10.2 Å². The second kappa shape index (κ2) is 4.61. The summed E-state index contributed by atoms with van der Waals surface area (Å²) in [6.45, 7) is 0.337. The van der Waals surface area contributed by atoms with Crippen LogP contribution in [0.4, 0.5) is 5.69 Å². The Labute approximate surface area is 97.9 Å². The Morgan fingerprint density at radius 1 is 1.41 bits per heavy atom.